The first-order chi connectivity index (χ1) is 17.4. The molecular weight excluding hydrogens is 474 g/mol. The van der Waals surface area contributed by atoms with Crippen LogP contribution in [0.15, 0.2) is 75.8 Å². The van der Waals surface area contributed by atoms with Crippen LogP contribution in [0.5, 0.6) is 5.75 Å². The number of carbonyl (C=O) groups is 1. The number of ether oxygens (including phenoxy) is 2. The van der Waals surface area contributed by atoms with Gasteiger partial charge in [-0.25, -0.2) is 9.79 Å². The Hall–Kier alpha value is -3.91. The lowest BCUT2D eigenvalue weighted by Crippen LogP contribution is -2.40. The molecule has 1 N–H and O–H groups in total. The van der Waals surface area contributed by atoms with Gasteiger partial charge in [0.25, 0.3) is 5.56 Å². The van der Waals surface area contributed by atoms with Crippen LogP contribution < -0.4 is 19.6 Å². The summed E-state index contributed by atoms with van der Waals surface area (Å²) < 4.78 is 13.6. The topological polar surface area (TPSA) is 85.7 Å². The fraction of sp³-hybridized carbons (Fsp3) is 0.250. The standard InChI is InChI=1S/C28H27N3O4S/c1-5-34-27(33)24-17(4)30-28-31(25(24)20-11-7-9-13-22(20)35-16(2)3)26(32)23(36-28)14-18-15-29-21-12-8-6-10-19(18)21/h6-16,25,29H,5H2,1-4H3/b23-14-. The molecule has 3 heterocycles. The lowest BCUT2D eigenvalue weighted by Gasteiger charge is -2.26. The van der Waals surface area contributed by atoms with E-state index >= 15 is 0 Å². The van der Waals surface area contributed by atoms with E-state index < -0.39 is 12.0 Å². The minimum atomic E-state index is -0.722. The Morgan fingerprint density at radius 1 is 1.19 bits per heavy atom. The molecule has 0 fully saturated rings. The smallest absolute Gasteiger partial charge is 0.338 e. The summed E-state index contributed by atoms with van der Waals surface area (Å²) in [6, 6.07) is 14.7. The summed E-state index contributed by atoms with van der Waals surface area (Å²) in [5.41, 5.74) is 3.26. The molecule has 1 atom stereocenters. The molecule has 7 nitrogen and oxygen atoms in total. The maximum atomic E-state index is 13.9. The first kappa shape index (κ1) is 23.8. The molecule has 2 aromatic heterocycles. The Bertz CT molecular complexity index is 1670. The number of aromatic amines is 1. The van der Waals surface area contributed by atoms with Crippen LogP contribution in [0.4, 0.5) is 0 Å². The van der Waals surface area contributed by atoms with E-state index in [0.29, 0.717) is 31.9 Å². The third kappa shape index (κ3) is 4.18. The van der Waals surface area contributed by atoms with Crippen molar-refractivity contribution in [2.24, 2.45) is 4.99 Å². The highest BCUT2D eigenvalue weighted by molar-refractivity contribution is 7.07. The number of nitrogens with zero attached hydrogens (tertiary/aromatic N) is 2. The average molecular weight is 502 g/mol. The second-order valence-electron chi connectivity index (χ2n) is 8.80. The molecule has 0 amide bonds. The summed E-state index contributed by atoms with van der Waals surface area (Å²) >= 11 is 1.31. The molecule has 0 saturated carbocycles. The molecular formula is C28H27N3O4S. The summed E-state index contributed by atoms with van der Waals surface area (Å²) in [7, 11) is 0. The molecule has 1 unspecified atom stereocenters. The van der Waals surface area contributed by atoms with Crippen LogP contribution in [0, 0.1) is 0 Å². The summed E-state index contributed by atoms with van der Waals surface area (Å²) in [4.78, 5) is 35.5. The largest absolute Gasteiger partial charge is 0.491 e. The summed E-state index contributed by atoms with van der Waals surface area (Å²) in [5.74, 6) is 0.120. The van der Waals surface area contributed by atoms with Gasteiger partial charge in [-0.2, -0.15) is 0 Å². The van der Waals surface area contributed by atoms with Crippen molar-refractivity contribution in [3.8, 4) is 5.75 Å². The van der Waals surface area contributed by atoms with E-state index in [2.05, 4.69) is 9.98 Å². The van der Waals surface area contributed by atoms with Crippen molar-refractivity contribution in [3.05, 3.63) is 96.8 Å². The second-order valence-corrected chi connectivity index (χ2v) is 9.81. The lowest BCUT2D eigenvalue weighted by molar-refractivity contribution is -0.139. The number of benzene rings is 2. The molecule has 4 aromatic rings. The Labute approximate surface area is 212 Å². The van der Waals surface area contributed by atoms with Gasteiger partial charge in [-0.05, 0) is 45.9 Å². The third-order valence-electron chi connectivity index (χ3n) is 6.00. The minimum Gasteiger partial charge on any atom is -0.491 e. The van der Waals surface area contributed by atoms with Gasteiger partial charge in [-0.3, -0.25) is 9.36 Å². The summed E-state index contributed by atoms with van der Waals surface area (Å²) in [6.45, 7) is 7.64. The van der Waals surface area contributed by atoms with Crippen molar-refractivity contribution in [2.75, 3.05) is 6.61 Å². The van der Waals surface area contributed by atoms with Crippen LogP contribution in [-0.4, -0.2) is 28.2 Å². The molecule has 0 aliphatic carbocycles. The van der Waals surface area contributed by atoms with Crippen molar-refractivity contribution in [2.45, 2.75) is 39.8 Å². The highest BCUT2D eigenvalue weighted by Gasteiger charge is 2.35. The maximum absolute atomic E-state index is 13.9. The van der Waals surface area contributed by atoms with Crippen LogP contribution in [0.3, 0.4) is 0 Å². The molecule has 8 heteroatoms. The Kier molecular flexibility index (Phi) is 6.36. The van der Waals surface area contributed by atoms with E-state index in [1.807, 2.05) is 74.7 Å². The average Bonchev–Trinajstić information content (AvgIpc) is 3.39. The van der Waals surface area contributed by atoms with Gasteiger partial charge in [0, 0.05) is 28.2 Å². The molecule has 0 bridgehead atoms. The first-order valence-electron chi connectivity index (χ1n) is 11.9. The van der Waals surface area contributed by atoms with E-state index in [0.717, 1.165) is 16.5 Å². The van der Waals surface area contributed by atoms with Crippen LogP contribution in [0.25, 0.3) is 17.0 Å². The molecule has 2 aromatic carbocycles. The number of aromatic nitrogens is 2. The molecule has 184 valence electrons. The number of para-hydroxylation sites is 2. The lowest BCUT2D eigenvalue weighted by atomic mass is 9.95. The van der Waals surface area contributed by atoms with Crippen molar-refractivity contribution in [1.82, 2.24) is 9.55 Å². The molecule has 1 aliphatic heterocycles. The van der Waals surface area contributed by atoms with Crippen molar-refractivity contribution in [3.63, 3.8) is 0 Å². The predicted octanol–water partition coefficient (Wildman–Crippen LogP) is 4.07. The molecule has 0 radical (unpaired) electrons. The normalized spacial score (nSPS) is 15.8. The van der Waals surface area contributed by atoms with Gasteiger partial charge >= 0.3 is 5.97 Å². The maximum Gasteiger partial charge on any atom is 0.338 e. The number of hydrogen-bond acceptors (Lipinski definition) is 6. The number of thiazole rings is 1. The van der Waals surface area contributed by atoms with Crippen LogP contribution in [0.2, 0.25) is 0 Å². The van der Waals surface area contributed by atoms with Gasteiger partial charge in [0.05, 0.1) is 28.5 Å². The highest BCUT2D eigenvalue weighted by Crippen LogP contribution is 2.36. The van der Waals surface area contributed by atoms with Gasteiger partial charge in [-0.1, -0.05) is 47.7 Å². The zero-order valence-electron chi connectivity index (χ0n) is 20.6. The number of carbonyl (C=O) groups excluding carboxylic acids is 1. The number of esters is 1. The number of allylic oxidation sites excluding steroid dienone is 1. The number of rotatable bonds is 6. The Morgan fingerprint density at radius 3 is 2.72 bits per heavy atom. The van der Waals surface area contributed by atoms with Gasteiger partial charge in [0.1, 0.15) is 11.8 Å². The predicted molar refractivity (Wildman–Crippen MR) is 141 cm³/mol. The van der Waals surface area contributed by atoms with Crippen molar-refractivity contribution < 1.29 is 14.3 Å². The molecule has 5 rings (SSSR count). The highest BCUT2D eigenvalue weighted by atomic mass is 32.1. The number of hydrogen-bond donors (Lipinski definition) is 1. The van der Waals surface area contributed by atoms with Crippen molar-refractivity contribution in [1.29, 1.82) is 0 Å². The minimum absolute atomic E-state index is 0.0834. The fourth-order valence-electron chi connectivity index (χ4n) is 4.51. The van der Waals surface area contributed by atoms with Crippen molar-refractivity contribution >= 4 is 34.3 Å². The fourth-order valence-corrected chi connectivity index (χ4v) is 5.55. The van der Waals surface area contributed by atoms with Gasteiger partial charge in [-0.15, -0.1) is 0 Å². The molecule has 36 heavy (non-hydrogen) atoms. The van der Waals surface area contributed by atoms with Crippen LogP contribution >= 0.6 is 11.3 Å². The van der Waals surface area contributed by atoms with E-state index in [9.17, 15) is 9.59 Å². The van der Waals surface area contributed by atoms with E-state index in [1.54, 1.807) is 18.4 Å². The third-order valence-corrected chi connectivity index (χ3v) is 6.98. The zero-order valence-corrected chi connectivity index (χ0v) is 21.4. The zero-order chi connectivity index (χ0) is 25.4. The number of H-pyrrole nitrogens is 1. The van der Waals surface area contributed by atoms with Crippen LogP contribution in [0.1, 0.15) is 44.9 Å². The second kappa shape index (κ2) is 9.62. The Balaban J connectivity index is 1.76. The van der Waals surface area contributed by atoms with E-state index in [1.165, 1.54) is 11.3 Å². The molecule has 1 aliphatic rings. The summed E-state index contributed by atoms with van der Waals surface area (Å²) in [6.07, 6.45) is 3.68. The van der Waals surface area contributed by atoms with E-state index in [4.69, 9.17) is 9.47 Å². The van der Waals surface area contributed by atoms with Crippen LogP contribution in [-0.2, 0) is 9.53 Å². The molecule has 0 saturated heterocycles. The van der Waals surface area contributed by atoms with Gasteiger partial charge in [0.2, 0.25) is 0 Å². The first-order valence-corrected chi connectivity index (χ1v) is 12.7. The monoisotopic (exact) mass is 501 g/mol. The van der Waals surface area contributed by atoms with Gasteiger partial charge in [0.15, 0.2) is 4.80 Å². The summed E-state index contributed by atoms with van der Waals surface area (Å²) in [5, 5.41) is 1.03. The Morgan fingerprint density at radius 2 is 1.94 bits per heavy atom. The van der Waals surface area contributed by atoms with Gasteiger partial charge < -0.3 is 14.5 Å². The SMILES string of the molecule is CCOC(=O)C1=C(C)N=c2s/c(=C\c3c[nH]c4ccccc34)c(=O)n2C1c1ccccc1OC(C)C. The number of nitrogens with one attached hydrogen (secondary N) is 1. The quantitative estimate of drug-likeness (QED) is 0.404. The van der Waals surface area contributed by atoms with E-state index in [-0.39, 0.29) is 18.3 Å². The molecule has 0 spiro atoms. The number of fused-ring (bicyclic) bond motifs is 2.